The van der Waals surface area contributed by atoms with Crippen molar-refractivity contribution in [3.8, 4) is 0 Å². The molecular formula is C15H22N2O3. The molecule has 0 saturated carbocycles. The number of carboxylic acid groups (broad SMARTS) is 1. The van der Waals surface area contributed by atoms with Crippen LogP contribution in [0.5, 0.6) is 0 Å². The minimum absolute atomic E-state index is 0.351. The van der Waals surface area contributed by atoms with Gasteiger partial charge in [-0.1, -0.05) is 44.2 Å². The molecule has 0 aliphatic rings. The van der Waals surface area contributed by atoms with Crippen molar-refractivity contribution in [3.63, 3.8) is 0 Å². The van der Waals surface area contributed by atoms with E-state index >= 15 is 0 Å². The van der Waals surface area contributed by atoms with Crippen molar-refractivity contribution >= 4 is 12.0 Å². The number of urea groups is 1. The summed E-state index contributed by atoms with van der Waals surface area (Å²) in [6, 6.07) is 9.19. The molecule has 1 aromatic carbocycles. The maximum Gasteiger partial charge on any atom is 0.329 e. The number of benzene rings is 1. The van der Waals surface area contributed by atoms with E-state index in [1.807, 2.05) is 30.3 Å². The van der Waals surface area contributed by atoms with E-state index in [-0.39, 0.29) is 6.03 Å². The zero-order valence-electron chi connectivity index (χ0n) is 12.2. The Labute approximate surface area is 119 Å². The Hall–Kier alpha value is -2.04. The number of carbonyl (C=O) groups excluding carboxylic acids is 1. The first-order valence-corrected chi connectivity index (χ1v) is 6.75. The maximum atomic E-state index is 12.1. The summed E-state index contributed by atoms with van der Waals surface area (Å²) in [7, 11) is 1.65. The van der Waals surface area contributed by atoms with Crippen LogP contribution in [0.4, 0.5) is 4.79 Å². The highest BCUT2D eigenvalue weighted by Crippen LogP contribution is 2.16. The molecule has 0 saturated heterocycles. The van der Waals surface area contributed by atoms with Gasteiger partial charge in [0.25, 0.3) is 0 Å². The van der Waals surface area contributed by atoms with Gasteiger partial charge in [0.2, 0.25) is 0 Å². The first-order chi connectivity index (χ1) is 9.45. The molecule has 20 heavy (non-hydrogen) atoms. The summed E-state index contributed by atoms with van der Waals surface area (Å²) < 4.78 is 0. The van der Waals surface area contributed by atoms with E-state index in [9.17, 15) is 14.7 Å². The second kappa shape index (κ2) is 6.93. The fourth-order valence-electron chi connectivity index (χ4n) is 2.01. The summed E-state index contributed by atoms with van der Waals surface area (Å²) >= 11 is 0. The fourth-order valence-corrected chi connectivity index (χ4v) is 2.01. The molecule has 1 rings (SSSR count). The molecule has 2 N–H and O–H groups in total. The van der Waals surface area contributed by atoms with Crippen LogP contribution >= 0.6 is 0 Å². The van der Waals surface area contributed by atoms with Gasteiger partial charge >= 0.3 is 12.0 Å². The predicted molar refractivity (Wildman–Crippen MR) is 77.4 cm³/mol. The normalized spacial score (nSPS) is 10.9. The maximum absolute atomic E-state index is 12.1. The summed E-state index contributed by atoms with van der Waals surface area (Å²) in [5, 5.41) is 11.9. The van der Waals surface area contributed by atoms with Crippen LogP contribution in [0.25, 0.3) is 0 Å². The van der Waals surface area contributed by atoms with Gasteiger partial charge in [0.15, 0.2) is 0 Å². The van der Waals surface area contributed by atoms with Crippen LogP contribution in [0.3, 0.4) is 0 Å². The van der Waals surface area contributed by atoms with E-state index in [0.717, 1.165) is 5.56 Å². The van der Waals surface area contributed by atoms with Gasteiger partial charge in [-0.2, -0.15) is 0 Å². The molecule has 0 unspecified atom stereocenters. The minimum atomic E-state index is -1.19. The molecule has 0 fully saturated rings. The van der Waals surface area contributed by atoms with Gasteiger partial charge in [-0.15, -0.1) is 0 Å². The average Bonchev–Trinajstić information content (AvgIpc) is 2.45. The van der Waals surface area contributed by atoms with E-state index in [1.165, 1.54) is 4.90 Å². The molecule has 1 aromatic rings. The molecule has 0 aliphatic heterocycles. The highest BCUT2D eigenvalue weighted by molar-refractivity contribution is 5.86. The number of amides is 2. The van der Waals surface area contributed by atoms with Crippen LogP contribution in [-0.2, 0) is 11.3 Å². The van der Waals surface area contributed by atoms with Crippen molar-refractivity contribution in [2.24, 2.45) is 0 Å². The Kier molecular flexibility index (Phi) is 5.55. The average molecular weight is 278 g/mol. The summed E-state index contributed by atoms with van der Waals surface area (Å²) in [6.07, 6.45) is 0.702. The number of aliphatic carboxylic acids is 1. The van der Waals surface area contributed by atoms with E-state index in [4.69, 9.17) is 0 Å². The summed E-state index contributed by atoms with van der Waals surface area (Å²) in [5.74, 6) is -0.996. The van der Waals surface area contributed by atoms with Gasteiger partial charge in [0.1, 0.15) is 5.54 Å². The molecule has 0 atom stereocenters. The van der Waals surface area contributed by atoms with Crippen molar-refractivity contribution in [1.29, 1.82) is 0 Å². The molecule has 0 bridgehead atoms. The molecule has 0 aromatic heterocycles. The van der Waals surface area contributed by atoms with E-state index < -0.39 is 11.5 Å². The monoisotopic (exact) mass is 278 g/mol. The van der Waals surface area contributed by atoms with Crippen LogP contribution in [0, 0.1) is 0 Å². The van der Waals surface area contributed by atoms with Gasteiger partial charge in [-0.05, 0) is 18.4 Å². The van der Waals surface area contributed by atoms with Crippen molar-refractivity contribution < 1.29 is 14.7 Å². The number of carboxylic acids is 1. The van der Waals surface area contributed by atoms with Crippen molar-refractivity contribution in [2.75, 3.05) is 7.05 Å². The lowest BCUT2D eigenvalue weighted by Crippen LogP contribution is -2.56. The lowest BCUT2D eigenvalue weighted by molar-refractivity contribution is -0.144. The molecule has 5 nitrogen and oxygen atoms in total. The van der Waals surface area contributed by atoms with Crippen LogP contribution in [0.15, 0.2) is 30.3 Å². The number of rotatable bonds is 6. The molecule has 110 valence electrons. The second-order valence-electron chi connectivity index (χ2n) is 4.87. The molecule has 5 heteroatoms. The smallest absolute Gasteiger partial charge is 0.329 e. The van der Waals surface area contributed by atoms with E-state index in [1.54, 1.807) is 20.9 Å². The zero-order valence-corrected chi connectivity index (χ0v) is 12.2. The topological polar surface area (TPSA) is 69.6 Å². The Bertz CT molecular complexity index is 455. The van der Waals surface area contributed by atoms with Gasteiger partial charge < -0.3 is 15.3 Å². The molecule has 0 aliphatic carbocycles. The minimum Gasteiger partial charge on any atom is -0.480 e. The molecular weight excluding hydrogens is 256 g/mol. The fraction of sp³-hybridized carbons (Fsp3) is 0.467. The summed E-state index contributed by atoms with van der Waals surface area (Å²) in [6.45, 7) is 3.96. The molecule has 0 radical (unpaired) electrons. The van der Waals surface area contributed by atoms with E-state index in [0.29, 0.717) is 19.4 Å². The number of hydrogen-bond acceptors (Lipinski definition) is 2. The third-order valence-corrected chi connectivity index (χ3v) is 3.57. The van der Waals surface area contributed by atoms with Gasteiger partial charge in [-0.3, -0.25) is 0 Å². The molecule has 0 spiro atoms. The van der Waals surface area contributed by atoms with Crippen molar-refractivity contribution in [1.82, 2.24) is 10.2 Å². The van der Waals surface area contributed by atoms with Crippen molar-refractivity contribution in [3.05, 3.63) is 35.9 Å². The molecule has 0 heterocycles. The predicted octanol–water partition coefficient (Wildman–Crippen LogP) is 2.47. The Morgan fingerprint density at radius 3 is 2.20 bits per heavy atom. The van der Waals surface area contributed by atoms with E-state index in [2.05, 4.69) is 5.32 Å². The number of nitrogens with zero attached hydrogens (tertiary/aromatic N) is 1. The first-order valence-electron chi connectivity index (χ1n) is 6.75. The zero-order chi connectivity index (χ0) is 15.2. The first kappa shape index (κ1) is 16.0. The van der Waals surface area contributed by atoms with Crippen LogP contribution in [-0.4, -0.2) is 34.6 Å². The third-order valence-electron chi connectivity index (χ3n) is 3.57. The Morgan fingerprint density at radius 1 is 1.20 bits per heavy atom. The largest absolute Gasteiger partial charge is 0.480 e. The summed E-state index contributed by atoms with van der Waals surface area (Å²) in [5.41, 5.74) is -0.193. The lowest BCUT2D eigenvalue weighted by Gasteiger charge is -2.30. The quantitative estimate of drug-likeness (QED) is 0.840. The Morgan fingerprint density at radius 2 is 1.75 bits per heavy atom. The third kappa shape index (κ3) is 3.73. The SMILES string of the molecule is CCC(CC)(NC(=O)N(C)Cc1ccccc1)C(=O)O. The number of carbonyl (C=O) groups is 2. The highest BCUT2D eigenvalue weighted by Gasteiger charge is 2.37. The highest BCUT2D eigenvalue weighted by atomic mass is 16.4. The van der Waals surface area contributed by atoms with Crippen molar-refractivity contribution in [2.45, 2.75) is 38.8 Å². The number of nitrogens with one attached hydrogen (secondary N) is 1. The Balaban J connectivity index is 2.72. The molecule has 2 amide bonds. The van der Waals surface area contributed by atoms with Gasteiger partial charge in [0, 0.05) is 13.6 Å². The second-order valence-corrected chi connectivity index (χ2v) is 4.87. The van der Waals surface area contributed by atoms with Crippen LogP contribution in [0.1, 0.15) is 32.3 Å². The summed E-state index contributed by atoms with van der Waals surface area (Å²) in [4.78, 5) is 25.0. The van der Waals surface area contributed by atoms with Gasteiger partial charge in [0.05, 0.1) is 0 Å². The lowest BCUT2D eigenvalue weighted by atomic mass is 9.93. The van der Waals surface area contributed by atoms with Crippen LogP contribution in [0.2, 0.25) is 0 Å². The standard InChI is InChI=1S/C15H22N2O3/c1-4-15(5-2,13(18)19)16-14(20)17(3)11-12-9-7-6-8-10-12/h6-10H,4-5,11H2,1-3H3,(H,16,20)(H,18,19). The number of hydrogen-bond donors (Lipinski definition) is 2. The van der Waals surface area contributed by atoms with Crippen LogP contribution < -0.4 is 5.32 Å². The van der Waals surface area contributed by atoms with Gasteiger partial charge in [-0.25, -0.2) is 9.59 Å².